The van der Waals surface area contributed by atoms with Crippen LogP contribution in [0.4, 0.5) is 0 Å². The van der Waals surface area contributed by atoms with E-state index in [2.05, 4.69) is 4.98 Å². The molecule has 4 rings (SSSR count). The Morgan fingerprint density at radius 2 is 1.96 bits per heavy atom. The number of hydrogen-bond acceptors (Lipinski definition) is 6. The number of carbonyl (C=O) groups is 1. The molecule has 0 fully saturated rings. The molecule has 2 heterocycles. The zero-order valence-electron chi connectivity index (χ0n) is 15.3. The number of aromatic nitrogens is 2. The molecule has 1 aromatic carbocycles. The van der Waals surface area contributed by atoms with Crippen LogP contribution >= 0.6 is 11.3 Å². The average molecular weight is 384 g/mol. The Balaban J connectivity index is 1.68. The van der Waals surface area contributed by atoms with E-state index < -0.39 is 0 Å². The van der Waals surface area contributed by atoms with Crippen molar-refractivity contribution in [1.82, 2.24) is 9.55 Å². The van der Waals surface area contributed by atoms with Crippen molar-refractivity contribution in [2.75, 3.05) is 14.2 Å². The van der Waals surface area contributed by atoms with Crippen LogP contribution < -0.4 is 15.0 Å². The summed E-state index contributed by atoms with van der Waals surface area (Å²) < 4.78 is 11.9. The van der Waals surface area contributed by atoms with Crippen molar-refractivity contribution in [3.8, 4) is 11.5 Å². The molecule has 0 atom stereocenters. The number of Topliss-reactive ketones (excluding diaryl/α,β-unsaturated/α-hetero) is 1. The molecule has 1 aliphatic carbocycles. The average Bonchev–Trinajstić information content (AvgIpc) is 3.08. The number of benzene rings is 1. The fourth-order valence-electron chi connectivity index (χ4n) is 3.55. The highest BCUT2D eigenvalue weighted by Gasteiger charge is 2.21. The molecule has 0 saturated heterocycles. The van der Waals surface area contributed by atoms with Crippen molar-refractivity contribution < 1.29 is 14.3 Å². The van der Waals surface area contributed by atoms with E-state index in [4.69, 9.17) is 9.47 Å². The number of fused-ring (bicyclic) bond motifs is 3. The number of rotatable bonds is 5. The maximum Gasteiger partial charge on any atom is 0.262 e. The summed E-state index contributed by atoms with van der Waals surface area (Å²) in [4.78, 5) is 32.2. The Morgan fingerprint density at radius 1 is 1.19 bits per heavy atom. The number of aryl methyl sites for hydroxylation is 2. The highest BCUT2D eigenvalue weighted by Crippen LogP contribution is 2.33. The summed E-state index contributed by atoms with van der Waals surface area (Å²) in [6, 6.07) is 4.99. The van der Waals surface area contributed by atoms with E-state index in [1.807, 2.05) is 0 Å². The number of methoxy groups -OCH3 is 2. The molecule has 0 bridgehead atoms. The molecular weight excluding hydrogens is 364 g/mol. The van der Waals surface area contributed by atoms with Gasteiger partial charge >= 0.3 is 0 Å². The van der Waals surface area contributed by atoms with Crippen molar-refractivity contribution in [1.29, 1.82) is 0 Å². The molecule has 2 aromatic heterocycles. The summed E-state index contributed by atoms with van der Waals surface area (Å²) in [5, 5.41) is 0.692. The second-order valence-electron chi connectivity index (χ2n) is 6.56. The molecule has 0 saturated carbocycles. The van der Waals surface area contributed by atoms with Gasteiger partial charge in [0.2, 0.25) is 0 Å². The van der Waals surface area contributed by atoms with Crippen molar-refractivity contribution in [3.63, 3.8) is 0 Å². The highest BCUT2D eigenvalue weighted by molar-refractivity contribution is 7.18. The number of ketones is 1. The number of thiophene rings is 1. The van der Waals surface area contributed by atoms with Gasteiger partial charge in [0, 0.05) is 10.4 Å². The molecule has 0 N–H and O–H groups in total. The summed E-state index contributed by atoms with van der Waals surface area (Å²) >= 11 is 1.61. The minimum atomic E-state index is -0.177. The van der Waals surface area contributed by atoms with E-state index in [0.29, 0.717) is 22.4 Å². The Labute approximate surface area is 160 Å². The van der Waals surface area contributed by atoms with Gasteiger partial charge in [-0.3, -0.25) is 14.2 Å². The van der Waals surface area contributed by atoms with Crippen molar-refractivity contribution in [3.05, 3.63) is 50.9 Å². The molecule has 27 heavy (non-hydrogen) atoms. The van der Waals surface area contributed by atoms with Gasteiger partial charge in [-0.1, -0.05) is 0 Å². The smallest absolute Gasteiger partial charge is 0.262 e. The minimum Gasteiger partial charge on any atom is -0.493 e. The van der Waals surface area contributed by atoms with E-state index >= 15 is 0 Å². The Morgan fingerprint density at radius 3 is 2.74 bits per heavy atom. The number of ether oxygens (including phenoxy) is 2. The quantitative estimate of drug-likeness (QED) is 0.632. The third kappa shape index (κ3) is 3.12. The molecule has 0 aliphatic heterocycles. The van der Waals surface area contributed by atoms with E-state index in [-0.39, 0.29) is 17.9 Å². The summed E-state index contributed by atoms with van der Waals surface area (Å²) in [5.41, 5.74) is 1.46. The monoisotopic (exact) mass is 384 g/mol. The van der Waals surface area contributed by atoms with E-state index in [0.717, 1.165) is 36.1 Å². The van der Waals surface area contributed by atoms with Gasteiger partial charge in [0.25, 0.3) is 5.56 Å². The molecule has 6 nitrogen and oxygen atoms in total. The van der Waals surface area contributed by atoms with Gasteiger partial charge in [-0.25, -0.2) is 4.98 Å². The van der Waals surface area contributed by atoms with Gasteiger partial charge in [0.1, 0.15) is 4.83 Å². The minimum absolute atomic E-state index is 0.0537. The van der Waals surface area contributed by atoms with Crippen LogP contribution in [0.1, 0.15) is 33.6 Å². The summed E-state index contributed by atoms with van der Waals surface area (Å²) in [6.45, 7) is -0.0537. The van der Waals surface area contributed by atoms with Crippen LogP contribution in [0.2, 0.25) is 0 Å². The fraction of sp³-hybridized carbons (Fsp3) is 0.350. The van der Waals surface area contributed by atoms with Gasteiger partial charge in [0.05, 0.1) is 32.5 Å². The molecule has 0 spiro atoms. The topological polar surface area (TPSA) is 70.4 Å². The molecule has 0 radical (unpaired) electrons. The maximum absolute atomic E-state index is 13.0. The summed E-state index contributed by atoms with van der Waals surface area (Å²) in [6.07, 6.45) is 5.66. The second kappa shape index (κ2) is 7.15. The lowest BCUT2D eigenvalue weighted by atomic mass is 9.97. The van der Waals surface area contributed by atoms with Crippen molar-refractivity contribution >= 4 is 27.3 Å². The third-order valence-electron chi connectivity index (χ3n) is 4.96. The molecule has 1 aliphatic rings. The van der Waals surface area contributed by atoms with Crippen LogP contribution in [0.3, 0.4) is 0 Å². The van der Waals surface area contributed by atoms with E-state index in [9.17, 15) is 9.59 Å². The lowest BCUT2D eigenvalue weighted by Crippen LogP contribution is -2.25. The standard InChI is InChI=1S/C20H20N2O4S/c1-25-15-8-7-12(9-16(15)26-2)14(23)10-22-11-21-19-18(20(22)24)13-5-3-4-6-17(13)27-19/h7-9,11H,3-6,10H2,1-2H3. The molecule has 0 amide bonds. The number of hydrogen-bond donors (Lipinski definition) is 0. The van der Waals surface area contributed by atoms with Gasteiger partial charge in [-0.2, -0.15) is 0 Å². The van der Waals surface area contributed by atoms with Gasteiger partial charge in [0.15, 0.2) is 17.3 Å². The van der Waals surface area contributed by atoms with Crippen LogP contribution in [-0.2, 0) is 19.4 Å². The SMILES string of the molecule is COc1ccc(C(=O)Cn2cnc3sc4c(c3c2=O)CCCC4)cc1OC. The molecular formula is C20H20N2O4S. The molecule has 140 valence electrons. The zero-order chi connectivity index (χ0) is 19.0. The van der Waals surface area contributed by atoms with Gasteiger partial charge in [-0.15, -0.1) is 11.3 Å². The fourth-order valence-corrected chi connectivity index (χ4v) is 4.77. The molecule has 7 heteroatoms. The first-order valence-corrected chi connectivity index (χ1v) is 9.69. The first-order chi connectivity index (χ1) is 13.1. The van der Waals surface area contributed by atoms with E-state index in [1.54, 1.807) is 36.6 Å². The Hall–Kier alpha value is -2.67. The summed E-state index contributed by atoms with van der Waals surface area (Å²) in [5.74, 6) is 0.860. The van der Waals surface area contributed by atoms with Crippen LogP contribution in [0.25, 0.3) is 10.2 Å². The molecule has 3 aromatic rings. The van der Waals surface area contributed by atoms with Crippen molar-refractivity contribution in [2.45, 2.75) is 32.2 Å². The van der Waals surface area contributed by atoms with Crippen LogP contribution in [-0.4, -0.2) is 29.6 Å². The molecule has 0 unspecified atom stereocenters. The van der Waals surface area contributed by atoms with Crippen LogP contribution in [0.5, 0.6) is 11.5 Å². The third-order valence-corrected chi connectivity index (χ3v) is 6.16. The predicted molar refractivity (Wildman–Crippen MR) is 104 cm³/mol. The number of carbonyl (C=O) groups excluding carboxylic acids is 1. The maximum atomic E-state index is 13.0. The first kappa shape index (κ1) is 17.7. The van der Waals surface area contributed by atoms with Gasteiger partial charge in [-0.05, 0) is 49.4 Å². The highest BCUT2D eigenvalue weighted by atomic mass is 32.1. The summed E-state index contributed by atoms with van der Waals surface area (Å²) in [7, 11) is 3.06. The van der Waals surface area contributed by atoms with Crippen LogP contribution in [0, 0.1) is 0 Å². The largest absolute Gasteiger partial charge is 0.493 e. The lowest BCUT2D eigenvalue weighted by Gasteiger charge is -2.11. The Kier molecular flexibility index (Phi) is 4.70. The second-order valence-corrected chi connectivity index (χ2v) is 7.65. The van der Waals surface area contributed by atoms with Gasteiger partial charge < -0.3 is 9.47 Å². The lowest BCUT2D eigenvalue weighted by molar-refractivity contribution is 0.0970. The van der Waals surface area contributed by atoms with E-state index in [1.165, 1.54) is 22.9 Å². The predicted octanol–water partition coefficient (Wildman–Crippen LogP) is 3.24. The number of nitrogens with zero attached hydrogens (tertiary/aromatic N) is 2. The normalized spacial score (nSPS) is 13.4. The zero-order valence-corrected chi connectivity index (χ0v) is 16.1. The van der Waals surface area contributed by atoms with Crippen molar-refractivity contribution in [2.24, 2.45) is 0 Å². The van der Waals surface area contributed by atoms with Crippen LogP contribution in [0.15, 0.2) is 29.3 Å². The Bertz CT molecular complexity index is 1080. The first-order valence-electron chi connectivity index (χ1n) is 8.87.